The zero-order valence-corrected chi connectivity index (χ0v) is 6.59. The number of hydrogen-bond acceptors (Lipinski definition) is 1. The van der Waals surface area contributed by atoms with Gasteiger partial charge in [0.05, 0.1) is 0 Å². The fourth-order valence-corrected chi connectivity index (χ4v) is 0.565. The maximum absolute atomic E-state index is 5.20. The molecule has 0 aliphatic heterocycles. The third-order valence-corrected chi connectivity index (χ3v) is 1.78. The van der Waals surface area contributed by atoms with Gasteiger partial charge in [0.2, 0.25) is 0 Å². The van der Waals surface area contributed by atoms with E-state index in [0.29, 0.717) is 0 Å². The molecule has 54 valence electrons. The van der Waals surface area contributed by atoms with Crippen molar-refractivity contribution in [3.05, 3.63) is 12.3 Å². The molecule has 0 saturated heterocycles. The van der Waals surface area contributed by atoms with Crippen LogP contribution in [0.5, 0.6) is 0 Å². The second-order valence-corrected chi connectivity index (χ2v) is 2.89. The highest BCUT2D eigenvalue weighted by molar-refractivity contribution is 4.78. The molecule has 0 aromatic carbocycles. The highest BCUT2D eigenvalue weighted by atomic mass is 14.5. The summed E-state index contributed by atoms with van der Waals surface area (Å²) in [5, 5.41) is 0. The summed E-state index contributed by atoms with van der Waals surface area (Å²) < 4.78 is 0. The van der Waals surface area contributed by atoms with Crippen molar-refractivity contribution in [2.75, 3.05) is 0 Å². The van der Waals surface area contributed by atoms with Crippen LogP contribution in [0.4, 0.5) is 0 Å². The average Bonchev–Trinajstić information content (AvgIpc) is 1.82. The normalized spacial score (nSPS) is 15.1. The Morgan fingerprint density at radius 2 is 1.89 bits per heavy atom. The van der Waals surface area contributed by atoms with E-state index in [1.165, 1.54) is 0 Å². The van der Waals surface area contributed by atoms with Crippen molar-refractivity contribution in [3.8, 4) is 0 Å². The van der Waals surface area contributed by atoms with Crippen LogP contribution in [0.3, 0.4) is 0 Å². The van der Waals surface area contributed by atoms with Gasteiger partial charge in [-0.25, -0.2) is 0 Å². The monoisotopic (exact) mass is 127 g/mol. The lowest BCUT2D eigenvalue weighted by molar-refractivity contribution is 0.424. The largest absolute Gasteiger partial charge is 0.405 e. The first-order valence-corrected chi connectivity index (χ1v) is 3.55. The molecule has 1 nitrogen and oxygen atoms in total. The first-order valence-electron chi connectivity index (χ1n) is 3.55. The molecule has 1 atom stereocenters. The van der Waals surface area contributed by atoms with Crippen LogP contribution >= 0.6 is 0 Å². The maximum Gasteiger partial charge on any atom is -0.0103 e. The van der Waals surface area contributed by atoms with E-state index in [-0.39, 0.29) is 0 Å². The van der Waals surface area contributed by atoms with Crippen LogP contribution in [-0.4, -0.2) is 0 Å². The van der Waals surface area contributed by atoms with E-state index >= 15 is 0 Å². The van der Waals surface area contributed by atoms with E-state index in [0.717, 1.165) is 18.3 Å². The minimum Gasteiger partial charge on any atom is -0.405 e. The molecule has 0 rings (SSSR count). The lowest BCUT2D eigenvalue weighted by Crippen LogP contribution is -2.01. The summed E-state index contributed by atoms with van der Waals surface area (Å²) in [7, 11) is 0. The summed E-state index contributed by atoms with van der Waals surface area (Å²) >= 11 is 0. The van der Waals surface area contributed by atoms with Gasteiger partial charge in [0, 0.05) is 0 Å². The molecule has 0 aliphatic rings. The van der Waals surface area contributed by atoms with Gasteiger partial charge in [-0.1, -0.05) is 26.8 Å². The molecule has 0 fully saturated rings. The van der Waals surface area contributed by atoms with Gasteiger partial charge in [0.15, 0.2) is 0 Å². The first kappa shape index (κ1) is 8.54. The van der Waals surface area contributed by atoms with Gasteiger partial charge in [-0.15, -0.1) is 0 Å². The maximum atomic E-state index is 5.20. The Morgan fingerprint density at radius 1 is 1.33 bits per heavy atom. The third kappa shape index (κ3) is 4.07. The fraction of sp³-hybridized carbons (Fsp3) is 0.750. The van der Waals surface area contributed by atoms with Gasteiger partial charge in [-0.2, -0.15) is 0 Å². The van der Waals surface area contributed by atoms with E-state index in [2.05, 4.69) is 20.8 Å². The van der Waals surface area contributed by atoms with Gasteiger partial charge in [0.1, 0.15) is 0 Å². The van der Waals surface area contributed by atoms with E-state index in [9.17, 15) is 0 Å². The smallest absolute Gasteiger partial charge is 0.0103 e. The van der Waals surface area contributed by atoms with Crippen molar-refractivity contribution in [2.24, 2.45) is 17.6 Å². The molecular weight excluding hydrogens is 110 g/mol. The molecule has 0 amide bonds. The molecule has 0 heterocycles. The van der Waals surface area contributed by atoms with Gasteiger partial charge < -0.3 is 5.73 Å². The van der Waals surface area contributed by atoms with E-state index in [1.54, 1.807) is 6.20 Å². The SMILES string of the molecule is CC(C)C(C)C/C=C\N. The third-order valence-electron chi connectivity index (χ3n) is 1.78. The number of nitrogens with two attached hydrogens (primary N) is 1. The standard InChI is InChI=1S/C8H17N/c1-7(2)8(3)5-4-6-9/h4,6-8H,5,9H2,1-3H3/b6-4-. The lowest BCUT2D eigenvalue weighted by Gasteiger charge is -2.11. The van der Waals surface area contributed by atoms with Crippen molar-refractivity contribution < 1.29 is 0 Å². The highest BCUT2D eigenvalue weighted by Gasteiger charge is 2.02. The molecule has 0 bridgehead atoms. The van der Waals surface area contributed by atoms with Crippen LogP contribution < -0.4 is 5.73 Å². The molecule has 2 N–H and O–H groups in total. The quantitative estimate of drug-likeness (QED) is 0.617. The number of rotatable bonds is 3. The average molecular weight is 127 g/mol. The molecule has 0 spiro atoms. The zero-order chi connectivity index (χ0) is 7.28. The Kier molecular flexibility index (Phi) is 4.20. The second-order valence-electron chi connectivity index (χ2n) is 2.89. The van der Waals surface area contributed by atoms with Crippen molar-refractivity contribution in [1.82, 2.24) is 0 Å². The Labute approximate surface area is 57.9 Å². The van der Waals surface area contributed by atoms with Crippen molar-refractivity contribution in [3.63, 3.8) is 0 Å². The Balaban J connectivity index is 3.38. The van der Waals surface area contributed by atoms with Gasteiger partial charge in [0.25, 0.3) is 0 Å². The molecule has 0 aliphatic carbocycles. The minimum atomic E-state index is 0.754. The van der Waals surface area contributed by atoms with Crippen LogP contribution in [0, 0.1) is 11.8 Å². The molecule has 1 unspecified atom stereocenters. The topological polar surface area (TPSA) is 26.0 Å². The summed E-state index contributed by atoms with van der Waals surface area (Å²) in [5.41, 5.74) is 5.20. The van der Waals surface area contributed by atoms with Crippen LogP contribution in [0.15, 0.2) is 12.3 Å². The molecular formula is C8H17N. The zero-order valence-electron chi connectivity index (χ0n) is 6.59. The van der Waals surface area contributed by atoms with Crippen molar-refractivity contribution >= 4 is 0 Å². The first-order chi connectivity index (χ1) is 4.18. The summed E-state index contributed by atoms with van der Waals surface area (Å²) in [6, 6.07) is 0. The Morgan fingerprint density at radius 3 is 2.22 bits per heavy atom. The number of allylic oxidation sites excluding steroid dienone is 1. The van der Waals surface area contributed by atoms with Gasteiger partial charge in [-0.3, -0.25) is 0 Å². The van der Waals surface area contributed by atoms with Crippen LogP contribution in [-0.2, 0) is 0 Å². The van der Waals surface area contributed by atoms with E-state index < -0.39 is 0 Å². The molecule has 0 saturated carbocycles. The van der Waals surface area contributed by atoms with Crippen LogP contribution in [0.25, 0.3) is 0 Å². The second kappa shape index (κ2) is 4.42. The molecule has 0 aromatic rings. The van der Waals surface area contributed by atoms with Gasteiger partial charge >= 0.3 is 0 Å². The molecule has 1 heteroatoms. The van der Waals surface area contributed by atoms with Crippen LogP contribution in [0.1, 0.15) is 27.2 Å². The molecule has 0 aromatic heterocycles. The van der Waals surface area contributed by atoms with Crippen LogP contribution in [0.2, 0.25) is 0 Å². The summed E-state index contributed by atoms with van der Waals surface area (Å²) in [4.78, 5) is 0. The molecule has 9 heavy (non-hydrogen) atoms. The summed E-state index contributed by atoms with van der Waals surface area (Å²) in [6.45, 7) is 6.70. The summed E-state index contributed by atoms with van der Waals surface area (Å²) in [5.74, 6) is 1.52. The predicted octanol–water partition coefficient (Wildman–Crippen LogP) is 2.14. The lowest BCUT2D eigenvalue weighted by atomic mass is 9.95. The highest BCUT2D eigenvalue weighted by Crippen LogP contribution is 2.13. The Bertz CT molecular complexity index is 84.6. The van der Waals surface area contributed by atoms with Gasteiger partial charge in [-0.05, 0) is 24.5 Å². The van der Waals surface area contributed by atoms with E-state index in [1.807, 2.05) is 6.08 Å². The Hall–Kier alpha value is -0.460. The summed E-state index contributed by atoms with van der Waals surface area (Å²) in [6.07, 6.45) is 4.75. The fourth-order valence-electron chi connectivity index (χ4n) is 0.565. The van der Waals surface area contributed by atoms with Crippen molar-refractivity contribution in [1.29, 1.82) is 0 Å². The predicted molar refractivity (Wildman–Crippen MR) is 41.9 cm³/mol. The molecule has 0 radical (unpaired) electrons. The number of hydrogen-bond donors (Lipinski definition) is 1. The minimum absolute atomic E-state index is 0.754. The van der Waals surface area contributed by atoms with E-state index in [4.69, 9.17) is 5.73 Å². The van der Waals surface area contributed by atoms with Crippen molar-refractivity contribution in [2.45, 2.75) is 27.2 Å².